The maximum atomic E-state index is 11.7. The minimum Gasteiger partial charge on any atom is -0.486 e. The number of carbonyl (C=O) groups excluding carboxylic acids is 1. The predicted octanol–water partition coefficient (Wildman–Crippen LogP) is 0.660. The Labute approximate surface area is 141 Å². The minimum atomic E-state index is -0.107. The van der Waals surface area contributed by atoms with E-state index in [9.17, 15) is 4.79 Å². The topological polar surface area (TPSA) is 84.0 Å². The molecule has 0 saturated heterocycles. The zero-order valence-corrected chi connectivity index (χ0v) is 13.9. The monoisotopic (exact) mass is 332 g/mol. The number of carbonyl (C=O) groups is 1. The second-order valence-corrected chi connectivity index (χ2v) is 5.92. The van der Waals surface area contributed by atoms with Gasteiger partial charge in [-0.3, -0.25) is 4.79 Å². The van der Waals surface area contributed by atoms with Gasteiger partial charge in [0.1, 0.15) is 19.3 Å². The Kier molecular flexibility index (Phi) is 5.40. The molecule has 130 valence electrons. The van der Waals surface area contributed by atoms with Gasteiger partial charge in [-0.25, -0.2) is 4.99 Å². The first-order valence-electron chi connectivity index (χ1n) is 8.44. The van der Waals surface area contributed by atoms with E-state index in [1.165, 1.54) is 0 Å². The van der Waals surface area contributed by atoms with Crippen LogP contribution in [0.2, 0.25) is 0 Å². The number of nitrogens with one attached hydrogen (secondary N) is 3. The smallest absolute Gasteiger partial charge is 0.242 e. The maximum Gasteiger partial charge on any atom is 0.242 e. The van der Waals surface area contributed by atoms with Crippen LogP contribution in [0.25, 0.3) is 0 Å². The molecule has 24 heavy (non-hydrogen) atoms. The molecule has 1 atom stereocenters. The number of nitrogens with zero attached hydrogens (tertiary/aromatic N) is 1. The van der Waals surface area contributed by atoms with Crippen LogP contribution in [0.5, 0.6) is 11.5 Å². The summed E-state index contributed by atoms with van der Waals surface area (Å²) in [5.41, 5.74) is 0. The number of para-hydroxylation sites is 2. The molecule has 7 heteroatoms. The van der Waals surface area contributed by atoms with Crippen LogP contribution in [0.4, 0.5) is 0 Å². The zero-order chi connectivity index (χ0) is 16.8. The molecule has 0 bridgehead atoms. The number of benzene rings is 1. The summed E-state index contributed by atoms with van der Waals surface area (Å²) >= 11 is 0. The number of aliphatic imine (C=N–C) groups is 1. The molecule has 0 aromatic heterocycles. The highest BCUT2D eigenvalue weighted by molar-refractivity contribution is 5.85. The summed E-state index contributed by atoms with van der Waals surface area (Å²) in [6.07, 6.45) is 2.05. The molecule has 3 rings (SSSR count). The van der Waals surface area contributed by atoms with E-state index in [4.69, 9.17) is 9.47 Å². The summed E-state index contributed by atoms with van der Waals surface area (Å²) in [5.74, 6) is 2.08. The van der Waals surface area contributed by atoms with Crippen LogP contribution in [0.15, 0.2) is 29.3 Å². The molecule has 1 aliphatic carbocycles. The van der Waals surface area contributed by atoms with E-state index in [1.54, 1.807) is 0 Å². The highest BCUT2D eigenvalue weighted by Crippen LogP contribution is 2.30. The summed E-state index contributed by atoms with van der Waals surface area (Å²) in [5, 5.41) is 9.25. The fraction of sp³-hybridized carbons (Fsp3) is 0.529. The molecule has 1 aliphatic heterocycles. The summed E-state index contributed by atoms with van der Waals surface area (Å²) < 4.78 is 11.6. The second-order valence-electron chi connectivity index (χ2n) is 5.92. The fourth-order valence-corrected chi connectivity index (χ4v) is 2.37. The van der Waals surface area contributed by atoms with Gasteiger partial charge in [-0.15, -0.1) is 0 Å². The first-order valence-corrected chi connectivity index (χ1v) is 8.44. The molecule has 1 aromatic carbocycles. The third kappa shape index (κ3) is 4.78. The van der Waals surface area contributed by atoms with Gasteiger partial charge in [-0.2, -0.15) is 0 Å². The van der Waals surface area contributed by atoms with Gasteiger partial charge in [0.15, 0.2) is 17.5 Å². The number of fused-ring (bicyclic) bond motifs is 1. The van der Waals surface area contributed by atoms with Gasteiger partial charge in [0.25, 0.3) is 0 Å². The van der Waals surface area contributed by atoms with E-state index in [1.807, 2.05) is 31.2 Å². The average Bonchev–Trinajstić information content (AvgIpc) is 3.41. The van der Waals surface area contributed by atoms with Gasteiger partial charge in [-0.05, 0) is 31.9 Å². The Morgan fingerprint density at radius 3 is 2.79 bits per heavy atom. The molecular weight excluding hydrogens is 308 g/mol. The number of hydrogen-bond acceptors (Lipinski definition) is 4. The van der Waals surface area contributed by atoms with Crippen LogP contribution < -0.4 is 25.4 Å². The normalized spacial score (nSPS) is 19.5. The summed E-state index contributed by atoms with van der Waals surface area (Å²) in [6.45, 7) is 3.85. The van der Waals surface area contributed by atoms with E-state index in [-0.39, 0.29) is 18.6 Å². The molecule has 2 aliphatic rings. The minimum absolute atomic E-state index is 0.0409. The molecule has 0 radical (unpaired) electrons. The standard InChI is InChI=1S/C17H24N4O3/c1-2-18-17(20-10-16(22)21-12-7-8-12)19-9-13-11-23-14-5-3-4-6-15(14)24-13/h3-6,12-13H,2,7-11H2,1H3,(H,21,22)(H2,18,19,20). The molecule has 7 nitrogen and oxygen atoms in total. The van der Waals surface area contributed by atoms with Crippen molar-refractivity contribution in [2.75, 3.05) is 26.2 Å². The molecule has 3 N–H and O–H groups in total. The Balaban J connectivity index is 1.47. The molecule has 0 spiro atoms. The highest BCUT2D eigenvalue weighted by Gasteiger charge is 2.23. The molecule has 1 amide bonds. The van der Waals surface area contributed by atoms with E-state index in [0.717, 1.165) is 30.9 Å². The van der Waals surface area contributed by atoms with Crippen LogP contribution in [0.3, 0.4) is 0 Å². The fourth-order valence-electron chi connectivity index (χ4n) is 2.37. The second kappa shape index (κ2) is 7.90. The van der Waals surface area contributed by atoms with Crippen LogP contribution in [-0.4, -0.2) is 50.3 Å². The molecule has 1 fully saturated rings. The number of amides is 1. The van der Waals surface area contributed by atoms with Gasteiger partial charge in [-0.1, -0.05) is 12.1 Å². The van der Waals surface area contributed by atoms with Crippen LogP contribution in [-0.2, 0) is 4.79 Å². The number of hydrogen-bond donors (Lipinski definition) is 3. The largest absolute Gasteiger partial charge is 0.486 e. The van der Waals surface area contributed by atoms with Gasteiger partial charge in [0.2, 0.25) is 5.91 Å². The van der Waals surface area contributed by atoms with E-state index < -0.39 is 0 Å². The van der Waals surface area contributed by atoms with Crippen LogP contribution >= 0.6 is 0 Å². The van der Waals surface area contributed by atoms with Crippen molar-refractivity contribution in [3.8, 4) is 11.5 Å². The van der Waals surface area contributed by atoms with Crippen molar-refractivity contribution in [3.63, 3.8) is 0 Å². The average molecular weight is 332 g/mol. The molecule has 1 heterocycles. The van der Waals surface area contributed by atoms with Gasteiger partial charge >= 0.3 is 0 Å². The number of rotatable bonds is 6. The number of ether oxygens (including phenoxy) is 2. The van der Waals surface area contributed by atoms with Crippen molar-refractivity contribution in [2.24, 2.45) is 4.99 Å². The quantitative estimate of drug-likeness (QED) is 0.526. The lowest BCUT2D eigenvalue weighted by Gasteiger charge is -2.27. The number of guanidine groups is 1. The van der Waals surface area contributed by atoms with Gasteiger partial charge < -0.3 is 25.4 Å². The highest BCUT2D eigenvalue weighted by atomic mass is 16.6. The lowest BCUT2D eigenvalue weighted by atomic mass is 10.2. The van der Waals surface area contributed by atoms with E-state index in [2.05, 4.69) is 20.9 Å². The Bertz CT molecular complexity index is 601. The lowest BCUT2D eigenvalue weighted by Crippen LogP contribution is -2.45. The molecular formula is C17H24N4O3. The van der Waals surface area contributed by atoms with Crippen molar-refractivity contribution in [2.45, 2.75) is 31.9 Å². The molecule has 1 unspecified atom stereocenters. The Hall–Kier alpha value is -2.44. The Morgan fingerprint density at radius 1 is 1.25 bits per heavy atom. The third-order valence-electron chi connectivity index (χ3n) is 3.73. The predicted molar refractivity (Wildman–Crippen MR) is 91.5 cm³/mol. The third-order valence-corrected chi connectivity index (χ3v) is 3.73. The summed E-state index contributed by atoms with van der Waals surface area (Å²) in [6, 6.07) is 7.98. The van der Waals surface area contributed by atoms with Crippen molar-refractivity contribution in [1.29, 1.82) is 0 Å². The molecule has 1 aromatic rings. The van der Waals surface area contributed by atoms with Crippen LogP contribution in [0, 0.1) is 0 Å². The molecule has 1 saturated carbocycles. The first-order chi connectivity index (χ1) is 11.7. The van der Waals surface area contributed by atoms with Gasteiger partial charge in [0.05, 0.1) is 6.54 Å². The SMILES string of the molecule is CCNC(=NCC(=O)NC1CC1)NCC1COc2ccccc2O1. The van der Waals surface area contributed by atoms with Crippen molar-refractivity contribution >= 4 is 11.9 Å². The van der Waals surface area contributed by atoms with Gasteiger partial charge in [0, 0.05) is 12.6 Å². The summed E-state index contributed by atoms with van der Waals surface area (Å²) in [4.78, 5) is 16.0. The van der Waals surface area contributed by atoms with Crippen LogP contribution in [0.1, 0.15) is 19.8 Å². The van der Waals surface area contributed by atoms with Crippen molar-refractivity contribution < 1.29 is 14.3 Å². The van der Waals surface area contributed by atoms with E-state index in [0.29, 0.717) is 25.2 Å². The Morgan fingerprint density at radius 2 is 2.04 bits per heavy atom. The van der Waals surface area contributed by atoms with Crippen molar-refractivity contribution in [3.05, 3.63) is 24.3 Å². The van der Waals surface area contributed by atoms with E-state index >= 15 is 0 Å². The summed E-state index contributed by atoms with van der Waals surface area (Å²) in [7, 11) is 0. The zero-order valence-electron chi connectivity index (χ0n) is 13.9. The lowest BCUT2D eigenvalue weighted by molar-refractivity contribution is -0.119. The van der Waals surface area contributed by atoms with Crippen molar-refractivity contribution in [1.82, 2.24) is 16.0 Å². The first kappa shape index (κ1) is 16.4. The maximum absolute atomic E-state index is 11.7.